The first-order valence-corrected chi connectivity index (χ1v) is 7.90. The quantitative estimate of drug-likeness (QED) is 0.799. The Kier molecular flexibility index (Phi) is 5.11. The smallest absolute Gasteiger partial charge is 0.0449 e. The lowest BCUT2D eigenvalue weighted by Crippen LogP contribution is -2.27. The fourth-order valence-electron chi connectivity index (χ4n) is 2.08. The topological polar surface area (TPSA) is 12.0 Å². The predicted octanol–water partition coefficient (Wildman–Crippen LogP) is 4.67. The molecule has 3 heteroatoms. The first kappa shape index (κ1) is 14.4. The van der Waals surface area contributed by atoms with Gasteiger partial charge in [-0.15, -0.1) is 0 Å². The largest absolute Gasteiger partial charge is 0.314 e. The van der Waals surface area contributed by atoms with Crippen molar-refractivity contribution in [2.24, 2.45) is 11.8 Å². The van der Waals surface area contributed by atoms with E-state index in [9.17, 15) is 0 Å². The minimum atomic E-state index is 0.648. The van der Waals surface area contributed by atoms with Crippen molar-refractivity contribution in [3.8, 4) is 0 Å². The third-order valence-corrected chi connectivity index (χ3v) is 4.68. The number of hydrogen-bond donors (Lipinski definition) is 1. The second kappa shape index (κ2) is 6.40. The Bertz CT molecular complexity index is 403. The van der Waals surface area contributed by atoms with Crippen molar-refractivity contribution in [3.05, 3.63) is 33.3 Å². The molecule has 1 saturated carbocycles. The molecule has 1 aliphatic rings. The van der Waals surface area contributed by atoms with Crippen LogP contribution in [0.3, 0.4) is 0 Å². The molecule has 1 nitrogen and oxygen atoms in total. The van der Waals surface area contributed by atoms with Crippen LogP contribution >= 0.6 is 27.5 Å². The molecule has 0 aromatic heterocycles. The van der Waals surface area contributed by atoms with E-state index in [0.29, 0.717) is 11.8 Å². The minimum Gasteiger partial charge on any atom is -0.314 e. The second-order valence-electron chi connectivity index (χ2n) is 5.58. The summed E-state index contributed by atoms with van der Waals surface area (Å²) in [5.74, 6) is 1.33. The van der Waals surface area contributed by atoms with Crippen LogP contribution in [0.4, 0.5) is 0 Å². The van der Waals surface area contributed by atoms with Gasteiger partial charge in [-0.1, -0.05) is 47.4 Å². The molecule has 1 aromatic carbocycles. The van der Waals surface area contributed by atoms with E-state index in [4.69, 9.17) is 11.6 Å². The van der Waals surface area contributed by atoms with E-state index >= 15 is 0 Å². The highest BCUT2D eigenvalue weighted by molar-refractivity contribution is 9.10. The van der Waals surface area contributed by atoms with Crippen LogP contribution in [0.1, 0.15) is 32.3 Å². The number of rotatable bonds is 6. The zero-order valence-corrected chi connectivity index (χ0v) is 13.4. The highest BCUT2D eigenvalue weighted by Crippen LogP contribution is 2.26. The Labute approximate surface area is 123 Å². The monoisotopic (exact) mass is 329 g/mol. The van der Waals surface area contributed by atoms with Gasteiger partial charge in [0.05, 0.1) is 0 Å². The molecule has 18 heavy (non-hydrogen) atoms. The average Bonchev–Trinajstić information content (AvgIpc) is 3.13. The summed E-state index contributed by atoms with van der Waals surface area (Å²) in [4.78, 5) is 0. The number of halogens is 2. The van der Waals surface area contributed by atoms with Gasteiger partial charge in [-0.3, -0.25) is 0 Å². The molecule has 0 aliphatic heterocycles. The van der Waals surface area contributed by atoms with E-state index in [1.165, 1.54) is 18.4 Å². The lowest BCUT2D eigenvalue weighted by Gasteiger charge is -2.21. The van der Waals surface area contributed by atoms with Crippen LogP contribution in [-0.4, -0.2) is 12.6 Å². The molecule has 1 aromatic rings. The van der Waals surface area contributed by atoms with Gasteiger partial charge >= 0.3 is 0 Å². The van der Waals surface area contributed by atoms with Crippen LogP contribution < -0.4 is 5.32 Å². The molecule has 0 spiro atoms. The van der Waals surface area contributed by atoms with Crippen molar-refractivity contribution >= 4 is 27.5 Å². The minimum absolute atomic E-state index is 0.648. The van der Waals surface area contributed by atoms with E-state index in [0.717, 1.165) is 28.5 Å². The van der Waals surface area contributed by atoms with E-state index in [2.05, 4.69) is 47.2 Å². The van der Waals surface area contributed by atoms with Gasteiger partial charge in [0.15, 0.2) is 0 Å². The Balaban J connectivity index is 1.86. The Hall–Kier alpha value is -0.0500. The molecule has 2 rings (SSSR count). The normalized spacial score (nSPS) is 18.7. The third kappa shape index (κ3) is 4.25. The molecule has 1 fully saturated rings. The zero-order valence-electron chi connectivity index (χ0n) is 11.0. The lowest BCUT2D eigenvalue weighted by molar-refractivity contribution is 0.364. The van der Waals surface area contributed by atoms with Gasteiger partial charge in [0.25, 0.3) is 0 Å². The maximum atomic E-state index is 6.27. The molecular formula is C15H21BrClN. The maximum Gasteiger partial charge on any atom is 0.0449 e. The van der Waals surface area contributed by atoms with Gasteiger partial charge < -0.3 is 5.32 Å². The van der Waals surface area contributed by atoms with Crippen molar-refractivity contribution in [1.29, 1.82) is 0 Å². The summed E-state index contributed by atoms with van der Waals surface area (Å²) in [5, 5.41) is 4.48. The Morgan fingerprint density at radius 2 is 2.06 bits per heavy atom. The van der Waals surface area contributed by atoms with Gasteiger partial charge in [-0.25, -0.2) is 0 Å². The lowest BCUT2D eigenvalue weighted by atomic mass is 9.89. The molecule has 0 radical (unpaired) electrons. The van der Waals surface area contributed by atoms with E-state index in [1.807, 2.05) is 6.07 Å². The second-order valence-corrected chi connectivity index (χ2v) is 6.90. The van der Waals surface area contributed by atoms with Crippen molar-refractivity contribution in [2.75, 3.05) is 6.54 Å². The summed E-state index contributed by atoms with van der Waals surface area (Å²) in [7, 11) is 0. The van der Waals surface area contributed by atoms with E-state index < -0.39 is 0 Å². The van der Waals surface area contributed by atoms with E-state index in [-0.39, 0.29) is 0 Å². The Morgan fingerprint density at radius 3 is 2.67 bits per heavy atom. The Morgan fingerprint density at radius 1 is 1.33 bits per heavy atom. The number of hydrogen-bond acceptors (Lipinski definition) is 1. The number of benzene rings is 1. The van der Waals surface area contributed by atoms with Crippen molar-refractivity contribution in [3.63, 3.8) is 0 Å². The van der Waals surface area contributed by atoms with Crippen molar-refractivity contribution in [2.45, 2.75) is 39.2 Å². The summed E-state index contributed by atoms with van der Waals surface area (Å²) in [6.07, 6.45) is 3.78. The summed E-state index contributed by atoms with van der Waals surface area (Å²) in [6.45, 7) is 5.77. The molecule has 0 bridgehead atoms. The summed E-state index contributed by atoms with van der Waals surface area (Å²) < 4.78 is 1.05. The molecule has 100 valence electrons. The fraction of sp³-hybridized carbons (Fsp3) is 0.600. The summed E-state index contributed by atoms with van der Waals surface area (Å²) in [6, 6.07) is 6.98. The molecule has 2 unspecified atom stereocenters. The van der Waals surface area contributed by atoms with Crippen LogP contribution in [0.25, 0.3) is 0 Å². The van der Waals surface area contributed by atoms with Crippen LogP contribution in [-0.2, 0) is 6.42 Å². The molecule has 2 atom stereocenters. The molecule has 0 saturated heterocycles. The van der Waals surface area contributed by atoms with Crippen molar-refractivity contribution < 1.29 is 0 Å². The van der Waals surface area contributed by atoms with Gasteiger partial charge in [0.2, 0.25) is 0 Å². The van der Waals surface area contributed by atoms with E-state index in [1.54, 1.807) is 0 Å². The fourth-order valence-corrected chi connectivity index (χ4v) is 2.83. The van der Waals surface area contributed by atoms with Crippen LogP contribution in [0.5, 0.6) is 0 Å². The first-order chi connectivity index (χ1) is 8.56. The van der Waals surface area contributed by atoms with Gasteiger partial charge in [-0.2, -0.15) is 0 Å². The third-order valence-electron chi connectivity index (χ3n) is 3.83. The van der Waals surface area contributed by atoms with Gasteiger partial charge in [0, 0.05) is 15.5 Å². The predicted molar refractivity (Wildman–Crippen MR) is 82.2 cm³/mol. The van der Waals surface area contributed by atoms with Gasteiger partial charge in [-0.05, 0) is 55.3 Å². The van der Waals surface area contributed by atoms with Crippen molar-refractivity contribution in [1.82, 2.24) is 5.32 Å². The van der Waals surface area contributed by atoms with Crippen LogP contribution in [0, 0.1) is 11.8 Å². The zero-order chi connectivity index (χ0) is 13.1. The molecule has 1 aliphatic carbocycles. The molecule has 0 amide bonds. The summed E-state index contributed by atoms with van der Waals surface area (Å²) >= 11 is 9.71. The van der Waals surface area contributed by atoms with Crippen LogP contribution in [0.2, 0.25) is 5.02 Å². The maximum absolute atomic E-state index is 6.27. The highest BCUT2D eigenvalue weighted by Gasteiger charge is 2.22. The first-order valence-electron chi connectivity index (χ1n) is 6.73. The van der Waals surface area contributed by atoms with Crippen LogP contribution in [0.15, 0.2) is 22.7 Å². The SMILES string of the molecule is CC(CNC1CC1)C(C)Cc1ccc(Br)cc1Cl. The number of nitrogens with one attached hydrogen (secondary N) is 1. The standard InChI is InChI=1S/C15H21BrClN/c1-10(11(2)9-18-14-5-6-14)7-12-3-4-13(16)8-15(12)17/h3-4,8,10-11,14,18H,5-7,9H2,1-2H3. The highest BCUT2D eigenvalue weighted by atomic mass is 79.9. The van der Waals surface area contributed by atoms with Gasteiger partial charge in [0.1, 0.15) is 0 Å². The average molecular weight is 331 g/mol. The molecule has 0 heterocycles. The summed E-state index contributed by atoms with van der Waals surface area (Å²) in [5.41, 5.74) is 1.26. The molecule has 1 N–H and O–H groups in total. The molecular weight excluding hydrogens is 310 g/mol.